The average molecular weight is 523 g/mol. The first-order valence-corrected chi connectivity index (χ1v) is 11.4. The molecule has 0 aliphatic heterocycles. The minimum Gasteiger partial charge on any atom is -0.377 e. The minimum absolute atomic E-state index is 0.0918. The lowest BCUT2D eigenvalue weighted by molar-refractivity contribution is 0.483. The lowest BCUT2D eigenvalue weighted by atomic mass is 10.1. The van der Waals surface area contributed by atoms with Crippen LogP contribution in [0.2, 0.25) is 0 Å². The Morgan fingerprint density at radius 3 is 2.14 bits per heavy atom. The van der Waals surface area contributed by atoms with Crippen LogP contribution in [0.3, 0.4) is 0 Å². The number of hydrogen-bond acceptors (Lipinski definition) is 4. The largest absolute Gasteiger partial charge is 0.377 e. The standard InChI is InChI=1S/C21H17Br2NO3S/c1-14-8-9-17(10-15(14)2)24-13-16-11-19(22)21(20(23)12-16)27-28(25,26)18-6-4-3-5-7-18/h3-13H,1-2H3. The molecule has 7 heteroatoms. The summed E-state index contributed by atoms with van der Waals surface area (Å²) in [4.78, 5) is 4.58. The molecule has 0 N–H and O–H groups in total. The normalized spacial score (nSPS) is 11.7. The first-order chi connectivity index (χ1) is 13.3. The maximum absolute atomic E-state index is 12.5. The summed E-state index contributed by atoms with van der Waals surface area (Å²) in [6.45, 7) is 4.10. The number of halogens is 2. The molecule has 0 spiro atoms. The van der Waals surface area contributed by atoms with E-state index in [1.165, 1.54) is 23.3 Å². The second-order valence-corrected chi connectivity index (χ2v) is 9.45. The molecule has 0 aliphatic rings. The summed E-state index contributed by atoms with van der Waals surface area (Å²) in [6.07, 6.45) is 1.72. The smallest absolute Gasteiger partial charge is 0.339 e. The van der Waals surface area contributed by atoms with Crippen LogP contribution in [0.5, 0.6) is 5.75 Å². The van der Waals surface area contributed by atoms with Gasteiger partial charge in [0.1, 0.15) is 4.90 Å². The maximum Gasteiger partial charge on any atom is 0.339 e. The topological polar surface area (TPSA) is 55.7 Å². The molecule has 144 valence electrons. The van der Waals surface area contributed by atoms with Crippen LogP contribution in [0.15, 0.2) is 79.5 Å². The summed E-state index contributed by atoms with van der Waals surface area (Å²) in [5.74, 6) is 0.187. The van der Waals surface area contributed by atoms with Crippen molar-refractivity contribution in [2.24, 2.45) is 4.99 Å². The lowest BCUT2D eigenvalue weighted by Crippen LogP contribution is -2.10. The third-order valence-corrected chi connectivity index (χ3v) is 6.51. The number of benzene rings is 3. The van der Waals surface area contributed by atoms with Crippen LogP contribution in [0.1, 0.15) is 16.7 Å². The average Bonchev–Trinajstić information content (AvgIpc) is 2.66. The van der Waals surface area contributed by atoms with Gasteiger partial charge in [0, 0.05) is 6.21 Å². The Morgan fingerprint density at radius 1 is 0.893 bits per heavy atom. The van der Waals surface area contributed by atoms with Gasteiger partial charge in [-0.25, -0.2) is 0 Å². The highest BCUT2D eigenvalue weighted by Crippen LogP contribution is 2.36. The quantitative estimate of drug-likeness (QED) is 0.290. The van der Waals surface area contributed by atoms with E-state index < -0.39 is 10.1 Å². The van der Waals surface area contributed by atoms with Crippen molar-refractivity contribution in [2.75, 3.05) is 0 Å². The van der Waals surface area contributed by atoms with Crippen LogP contribution in [0.25, 0.3) is 0 Å². The van der Waals surface area contributed by atoms with Gasteiger partial charge >= 0.3 is 10.1 Å². The summed E-state index contributed by atoms with van der Waals surface area (Å²) in [6, 6.07) is 17.5. The molecule has 3 rings (SSSR count). The van der Waals surface area contributed by atoms with E-state index in [9.17, 15) is 8.42 Å². The first-order valence-electron chi connectivity index (χ1n) is 8.36. The second kappa shape index (κ2) is 8.59. The molecular formula is C21H17Br2NO3S. The molecular weight excluding hydrogens is 506 g/mol. The Hall–Kier alpha value is -1.96. The predicted octanol–water partition coefficient (Wildman–Crippen LogP) is 6.35. The highest BCUT2D eigenvalue weighted by Gasteiger charge is 2.20. The molecule has 0 aromatic heterocycles. The Morgan fingerprint density at radius 2 is 1.54 bits per heavy atom. The van der Waals surface area contributed by atoms with Crippen LogP contribution < -0.4 is 4.18 Å². The SMILES string of the molecule is Cc1ccc(N=Cc2cc(Br)c(OS(=O)(=O)c3ccccc3)c(Br)c2)cc1C. The number of aliphatic imine (C=N–C) groups is 1. The van der Waals surface area contributed by atoms with Crippen molar-refractivity contribution in [2.45, 2.75) is 18.7 Å². The number of nitrogens with zero attached hydrogens (tertiary/aromatic N) is 1. The summed E-state index contributed by atoms with van der Waals surface area (Å²) in [5, 5.41) is 0. The van der Waals surface area contributed by atoms with Crippen molar-refractivity contribution in [1.29, 1.82) is 0 Å². The molecule has 0 fully saturated rings. The maximum atomic E-state index is 12.5. The van der Waals surface area contributed by atoms with Crippen molar-refractivity contribution in [3.05, 3.63) is 86.3 Å². The Balaban J connectivity index is 1.87. The monoisotopic (exact) mass is 521 g/mol. The van der Waals surface area contributed by atoms with E-state index in [1.54, 1.807) is 36.5 Å². The van der Waals surface area contributed by atoms with Gasteiger partial charge in [-0.2, -0.15) is 8.42 Å². The van der Waals surface area contributed by atoms with Gasteiger partial charge in [0.2, 0.25) is 0 Å². The molecule has 3 aromatic rings. The zero-order valence-electron chi connectivity index (χ0n) is 15.2. The third kappa shape index (κ3) is 4.90. The molecule has 0 bridgehead atoms. The fourth-order valence-corrected chi connectivity index (χ4v) is 5.02. The predicted molar refractivity (Wildman–Crippen MR) is 119 cm³/mol. The summed E-state index contributed by atoms with van der Waals surface area (Å²) in [7, 11) is -3.93. The van der Waals surface area contributed by atoms with Crippen molar-refractivity contribution >= 4 is 53.9 Å². The van der Waals surface area contributed by atoms with Gasteiger partial charge in [0.25, 0.3) is 0 Å². The zero-order chi connectivity index (χ0) is 20.3. The second-order valence-electron chi connectivity index (χ2n) is 6.19. The lowest BCUT2D eigenvalue weighted by Gasteiger charge is -2.11. The number of aryl methyl sites for hydroxylation is 2. The van der Waals surface area contributed by atoms with E-state index in [4.69, 9.17) is 4.18 Å². The summed E-state index contributed by atoms with van der Waals surface area (Å²) >= 11 is 6.78. The van der Waals surface area contributed by atoms with Gasteiger partial charge in [-0.15, -0.1) is 0 Å². The van der Waals surface area contributed by atoms with Crippen LogP contribution in [-0.2, 0) is 10.1 Å². The Kier molecular flexibility index (Phi) is 6.37. The zero-order valence-corrected chi connectivity index (χ0v) is 19.2. The Labute approximate surface area is 181 Å². The van der Waals surface area contributed by atoms with E-state index in [-0.39, 0.29) is 10.6 Å². The summed E-state index contributed by atoms with van der Waals surface area (Å²) < 4.78 is 31.3. The van der Waals surface area contributed by atoms with Gasteiger partial charge in [-0.1, -0.05) is 24.3 Å². The highest BCUT2D eigenvalue weighted by atomic mass is 79.9. The number of hydrogen-bond donors (Lipinski definition) is 0. The molecule has 0 amide bonds. The van der Waals surface area contributed by atoms with Crippen LogP contribution >= 0.6 is 31.9 Å². The minimum atomic E-state index is -3.93. The van der Waals surface area contributed by atoms with Crippen LogP contribution in [0, 0.1) is 13.8 Å². The van der Waals surface area contributed by atoms with Gasteiger partial charge in [0.05, 0.1) is 14.6 Å². The first kappa shape index (κ1) is 20.8. The van der Waals surface area contributed by atoms with Crippen molar-refractivity contribution in [1.82, 2.24) is 0 Å². The molecule has 0 heterocycles. The van der Waals surface area contributed by atoms with Crippen LogP contribution in [0.4, 0.5) is 5.69 Å². The van der Waals surface area contributed by atoms with Gasteiger partial charge in [0.15, 0.2) is 5.75 Å². The van der Waals surface area contributed by atoms with Crippen molar-refractivity contribution in [3.63, 3.8) is 0 Å². The molecule has 0 saturated heterocycles. The highest BCUT2D eigenvalue weighted by molar-refractivity contribution is 9.11. The van der Waals surface area contributed by atoms with E-state index in [0.29, 0.717) is 8.95 Å². The van der Waals surface area contributed by atoms with Gasteiger partial charge in [-0.05, 0) is 98.8 Å². The fraction of sp³-hybridized carbons (Fsp3) is 0.0952. The molecule has 0 radical (unpaired) electrons. The number of rotatable bonds is 5. The molecule has 0 saturated carbocycles. The molecule has 4 nitrogen and oxygen atoms in total. The molecule has 0 unspecified atom stereocenters. The van der Waals surface area contributed by atoms with Crippen molar-refractivity contribution in [3.8, 4) is 5.75 Å². The van der Waals surface area contributed by atoms with E-state index in [1.807, 2.05) is 25.1 Å². The van der Waals surface area contributed by atoms with Gasteiger partial charge in [-0.3, -0.25) is 4.99 Å². The summed E-state index contributed by atoms with van der Waals surface area (Å²) in [5.41, 5.74) is 4.03. The van der Waals surface area contributed by atoms with Crippen molar-refractivity contribution < 1.29 is 12.6 Å². The van der Waals surface area contributed by atoms with Gasteiger partial charge < -0.3 is 4.18 Å². The molecule has 0 atom stereocenters. The fourth-order valence-electron chi connectivity index (χ4n) is 2.43. The molecule has 28 heavy (non-hydrogen) atoms. The molecule has 3 aromatic carbocycles. The Bertz CT molecular complexity index is 1120. The molecule has 0 aliphatic carbocycles. The van der Waals surface area contributed by atoms with E-state index in [0.717, 1.165) is 11.3 Å². The van der Waals surface area contributed by atoms with Crippen LogP contribution in [-0.4, -0.2) is 14.6 Å². The van der Waals surface area contributed by atoms with E-state index in [2.05, 4.69) is 43.8 Å². The van der Waals surface area contributed by atoms with E-state index >= 15 is 0 Å². The third-order valence-electron chi connectivity index (χ3n) is 4.10.